The Kier molecular flexibility index (Phi) is 6.50. The summed E-state index contributed by atoms with van der Waals surface area (Å²) in [5, 5.41) is 0.679. The third-order valence-corrected chi connectivity index (χ3v) is 4.26. The molecule has 2 rings (SSSR count). The topological polar surface area (TPSA) is 58.2 Å². The van der Waals surface area contributed by atoms with Gasteiger partial charge in [-0.25, -0.2) is 0 Å². The van der Waals surface area contributed by atoms with Gasteiger partial charge in [0.15, 0.2) is 0 Å². The third kappa shape index (κ3) is 5.96. The number of nitrogens with one attached hydrogen (secondary N) is 2. The second-order valence-electron chi connectivity index (χ2n) is 4.99. The summed E-state index contributed by atoms with van der Waals surface area (Å²) in [6.45, 7) is 1.95. The van der Waals surface area contributed by atoms with E-state index in [0.717, 1.165) is 11.1 Å². The van der Waals surface area contributed by atoms with E-state index in [-0.39, 0.29) is 17.6 Å². The average Bonchev–Trinajstić information content (AvgIpc) is 2.53. The van der Waals surface area contributed by atoms with Crippen molar-refractivity contribution in [1.82, 2.24) is 10.9 Å². The molecule has 2 N–H and O–H groups in total. The summed E-state index contributed by atoms with van der Waals surface area (Å²) in [5.41, 5.74) is 7.44. The lowest BCUT2D eigenvalue weighted by atomic mass is 10.1. The molecule has 0 aliphatic carbocycles. The monoisotopic (exact) mass is 348 g/mol. The normalized spacial score (nSPS) is 10.2. The fourth-order valence-electron chi connectivity index (χ4n) is 1.83. The second-order valence-corrected chi connectivity index (χ2v) is 6.41. The molecule has 6 heteroatoms. The number of hydrazine groups is 1. The molecule has 2 aromatic rings. The van der Waals surface area contributed by atoms with Crippen molar-refractivity contribution in [3.05, 3.63) is 70.2 Å². The molecule has 0 heterocycles. The standard InChI is InChI=1S/C17H17ClN2O2S/c1-12-5-7-14(8-6-12)17(22)20-19-16(21)11-23-10-13-3-2-4-15(18)9-13/h2-9H,10-11H2,1H3,(H,19,21)(H,20,22). The maximum Gasteiger partial charge on any atom is 0.269 e. The van der Waals surface area contributed by atoms with Gasteiger partial charge in [0, 0.05) is 16.3 Å². The Bertz CT molecular complexity index is 689. The summed E-state index contributed by atoms with van der Waals surface area (Å²) in [6.07, 6.45) is 0. The van der Waals surface area contributed by atoms with Crippen LogP contribution in [-0.2, 0) is 10.5 Å². The van der Waals surface area contributed by atoms with Crippen molar-refractivity contribution in [2.24, 2.45) is 0 Å². The van der Waals surface area contributed by atoms with Gasteiger partial charge in [0.05, 0.1) is 5.75 Å². The van der Waals surface area contributed by atoms with Crippen molar-refractivity contribution in [3.8, 4) is 0 Å². The van der Waals surface area contributed by atoms with E-state index in [2.05, 4.69) is 10.9 Å². The number of thioether (sulfide) groups is 1. The molecule has 4 nitrogen and oxygen atoms in total. The molecule has 0 saturated heterocycles. The molecular weight excluding hydrogens is 332 g/mol. The summed E-state index contributed by atoms with van der Waals surface area (Å²) in [4.78, 5) is 23.6. The van der Waals surface area contributed by atoms with E-state index in [9.17, 15) is 9.59 Å². The van der Waals surface area contributed by atoms with Crippen molar-refractivity contribution in [2.75, 3.05) is 5.75 Å². The lowest BCUT2D eigenvalue weighted by Crippen LogP contribution is -2.42. The van der Waals surface area contributed by atoms with E-state index < -0.39 is 0 Å². The summed E-state index contributed by atoms with van der Waals surface area (Å²) >= 11 is 7.35. The Morgan fingerprint density at radius 1 is 1.09 bits per heavy atom. The van der Waals surface area contributed by atoms with Crippen LogP contribution in [0.15, 0.2) is 48.5 Å². The van der Waals surface area contributed by atoms with Crippen molar-refractivity contribution in [2.45, 2.75) is 12.7 Å². The number of carbonyl (C=O) groups is 2. The molecule has 0 atom stereocenters. The van der Waals surface area contributed by atoms with Crippen LogP contribution in [0, 0.1) is 6.92 Å². The van der Waals surface area contributed by atoms with Crippen molar-refractivity contribution < 1.29 is 9.59 Å². The third-order valence-electron chi connectivity index (χ3n) is 3.02. The van der Waals surface area contributed by atoms with Crippen LogP contribution in [0.25, 0.3) is 0 Å². The van der Waals surface area contributed by atoms with Gasteiger partial charge in [0.25, 0.3) is 5.91 Å². The highest BCUT2D eigenvalue weighted by atomic mass is 35.5. The number of benzene rings is 2. The molecule has 0 fully saturated rings. The SMILES string of the molecule is Cc1ccc(C(=O)NNC(=O)CSCc2cccc(Cl)c2)cc1. The molecule has 0 bridgehead atoms. The number of hydrogen-bond donors (Lipinski definition) is 2. The summed E-state index contributed by atoms with van der Waals surface area (Å²) in [6, 6.07) is 14.6. The van der Waals surface area contributed by atoms with Gasteiger partial charge in [0.1, 0.15) is 0 Å². The zero-order valence-corrected chi connectivity index (χ0v) is 14.2. The van der Waals surface area contributed by atoms with Crippen LogP contribution in [0.5, 0.6) is 0 Å². The highest BCUT2D eigenvalue weighted by Crippen LogP contribution is 2.16. The Morgan fingerprint density at radius 2 is 1.83 bits per heavy atom. The number of amides is 2. The molecule has 0 radical (unpaired) electrons. The Balaban J connectivity index is 1.70. The summed E-state index contributed by atoms with van der Waals surface area (Å²) < 4.78 is 0. The molecule has 2 aromatic carbocycles. The Morgan fingerprint density at radius 3 is 2.52 bits per heavy atom. The van der Waals surface area contributed by atoms with Crippen LogP contribution in [0.2, 0.25) is 5.02 Å². The molecule has 23 heavy (non-hydrogen) atoms. The van der Waals surface area contributed by atoms with Gasteiger partial charge in [-0.05, 0) is 36.8 Å². The number of rotatable bonds is 5. The van der Waals surface area contributed by atoms with Gasteiger partial charge in [-0.2, -0.15) is 0 Å². The van der Waals surface area contributed by atoms with Gasteiger partial charge in [0.2, 0.25) is 5.91 Å². The second kappa shape index (κ2) is 8.60. The highest BCUT2D eigenvalue weighted by Gasteiger charge is 2.07. The zero-order valence-electron chi connectivity index (χ0n) is 12.6. The quantitative estimate of drug-likeness (QED) is 0.815. The van der Waals surface area contributed by atoms with Crippen LogP contribution in [0.4, 0.5) is 0 Å². The number of aryl methyl sites for hydroxylation is 1. The predicted octanol–water partition coefficient (Wildman–Crippen LogP) is 3.34. The molecule has 2 amide bonds. The van der Waals surface area contributed by atoms with E-state index >= 15 is 0 Å². The molecule has 0 unspecified atom stereocenters. The molecule has 120 valence electrons. The van der Waals surface area contributed by atoms with Crippen LogP contribution in [0.3, 0.4) is 0 Å². The van der Waals surface area contributed by atoms with Crippen molar-refractivity contribution in [1.29, 1.82) is 0 Å². The van der Waals surface area contributed by atoms with E-state index in [1.165, 1.54) is 11.8 Å². The summed E-state index contributed by atoms with van der Waals surface area (Å²) in [5.74, 6) is 0.344. The van der Waals surface area contributed by atoms with Gasteiger partial charge in [-0.3, -0.25) is 20.4 Å². The average molecular weight is 349 g/mol. The Labute approximate surface area is 144 Å². The number of halogens is 1. The van der Waals surface area contributed by atoms with Crippen LogP contribution in [-0.4, -0.2) is 17.6 Å². The molecular formula is C17H17ClN2O2S. The lowest BCUT2D eigenvalue weighted by Gasteiger charge is -2.07. The first-order chi connectivity index (χ1) is 11.0. The molecule has 0 saturated carbocycles. The number of hydrogen-bond acceptors (Lipinski definition) is 3. The largest absolute Gasteiger partial charge is 0.272 e. The van der Waals surface area contributed by atoms with Gasteiger partial charge in [-0.15, -0.1) is 11.8 Å². The van der Waals surface area contributed by atoms with Crippen LogP contribution >= 0.6 is 23.4 Å². The first kappa shape index (κ1) is 17.4. The zero-order chi connectivity index (χ0) is 16.7. The highest BCUT2D eigenvalue weighted by molar-refractivity contribution is 7.99. The maximum atomic E-state index is 11.8. The van der Waals surface area contributed by atoms with Crippen molar-refractivity contribution >= 4 is 35.2 Å². The summed E-state index contributed by atoms with van der Waals surface area (Å²) in [7, 11) is 0. The first-order valence-electron chi connectivity index (χ1n) is 7.02. The van der Waals surface area contributed by atoms with E-state index in [1.54, 1.807) is 12.1 Å². The van der Waals surface area contributed by atoms with E-state index in [0.29, 0.717) is 16.3 Å². The van der Waals surface area contributed by atoms with Crippen LogP contribution < -0.4 is 10.9 Å². The minimum Gasteiger partial charge on any atom is -0.272 e. The van der Waals surface area contributed by atoms with Gasteiger partial charge < -0.3 is 0 Å². The van der Waals surface area contributed by atoms with Gasteiger partial charge in [-0.1, -0.05) is 41.4 Å². The molecule has 0 spiro atoms. The van der Waals surface area contributed by atoms with E-state index in [1.807, 2.05) is 43.3 Å². The molecule has 0 aliphatic heterocycles. The maximum absolute atomic E-state index is 11.8. The Hall–Kier alpha value is -1.98. The first-order valence-corrected chi connectivity index (χ1v) is 8.56. The fraction of sp³-hybridized carbons (Fsp3) is 0.176. The lowest BCUT2D eigenvalue weighted by molar-refractivity contribution is -0.119. The van der Waals surface area contributed by atoms with Crippen molar-refractivity contribution in [3.63, 3.8) is 0 Å². The van der Waals surface area contributed by atoms with E-state index in [4.69, 9.17) is 11.6 Å². The minimum absolute atomic E-state index is 0.251. The predicted molar refractivity (Wildman–Crippen MR) is 94.4 cm³/mol. The minimum atomic E-state index is -0.335. The number of carbonyl (C=O) groups excluding carboxylic acids is 2. The smallest absolute Gasteiger partial charge is 0.269 e. The van der Waals surface area contributed by atoms with Gasteiger partial charge >= 0.3 is 0 Å². The molecule has 0 aliphatic rings. The fourth-order valence-corrected chi connectivity index (χ4v) is 2.82. The van der Waals surface area contributed by atoms with Crippen LogP contribution in [0.1, 0.15) is 21.5 Å². The molecule has 0 aromatic heterocycles.